The molecule has 0 unspecified atom stereocenters. The lowest BCUT2D eigenvalue weighted by Crippen LogP contribution is -2.21. The molecule has 0 saturated carbocycles. The molecule has 1 aromatic heterocycles. The van der Waals surface area contributed by atoms with Crippen molar-refractivity contribution in [1.82, 2.24) is 9.97 Å². The molecule has 5 nitrogen and oxygen atoms in total. The Kier molecular flexibility index (Phi) is 3.69. The number of anilines is 1. The minimum atomic E-state index is 0.382. The third kappa shape index (κ3) is 2.65. The highest BCUT2D eigenvalue weighted by Crippen LogP contribution is 2.30. The molecule has 1 fully saturated rings. The van der Waals surface area contributed by atoms with Crippen LogP contribution in [0.15, 0.2) is 30.3 Å². The normalized spacial score (nSPS) is 14.0. The van der Waals surface area contributed by atoms with Crippen LogP contribution >= 0.6 is 0 Å². The number of aromatic nitrogens is 2. The summed E-state index contributed by atoms with van der Waals surface area (Å²) in [5.41, 5.74) is 1.98. The van der Waals surface area contributed by atoms with Crippen LogP contribution in [-0.2, 0) is 0 Å². The Hall–Kier alpha value is -2.61. The van der Waals surface area contributed by atoms with Crippen LogP contribution in [0.3, 0.4) is 0 Å². The van der Waals surface area contributed by atoms with Gasteiger partial charge in [0.2, 0.25) is 5.95 Å². The monoisotopic (exact) mass is 280 g/mol. The number of rotatable bonds is 3. The molecule has 1 aliphatic heterocycles. The Morgan fingerprint density at radius 2 is 1.95 bits per heavy atom. The first kappa shape index (κ1) is 13.4. The van der Waals surface area contributed by atoms with Crippen LogP contribution in [0.1, 0.15) is 18.5 Å². The standard InChI is InChI=1S/C16H16N4O/c1-21-15-7-3-2-6-13(15)14-10-12(11-17)18-16(19-14)20-8-4-5-9-20/h2-3,6-7,10H,4-5,8-9H2,1H3. The number of nitriles is 1. The molecule has 21 heavy (non-hydrogen) atoms. The molecule has 3 rings (SSSR count). The van der Waals surface area contributed by atoms with Crippen LogP contribution in [-0.4, -0.2) is 30.2 Å². The van der Waals surface area contributed by atoms with Gasteiger partial charge in [0.05, 0.1) is 12.8 Å². The number of benzene rings is 1. The average Bonchev–Trinajstić information content (AvgIpc) is 3.09. The zero-order valence-electron chi connectivity index (χ0n) is 11.9. The molecule has 0 spiro atoms. The molecule has 0 amide bonds. The number of nitrogens with zero attached hydrogens (tertiary/aromatic N) is 4. The molecule has 2 aromatic rings. The first-order valence-corrected chi connectivity index (χ1v) is 6.99. The highest BCUT2D eigenvalue weighted by molar-refractivity contribution is 5.68. The Morgan fingerprint density at radius 1 is 1.19 bits per heavy atom. The van der Waals surface area contributed by atoms with Gasteiger partial charge in [-0.25, -0.2) is 9.97 Å². The van der Waals surface area contributed by atoms with Gasteiger partial charge >= 0.3 is 0 Å². The van der Waals surface area contributed by atoms with Crippen LogP contribution in [0.25, 0.3) is 11.3 Å². The molecule has 106 valence electrons. The van der Waals surface area contributed by atoms with Crippen molar-refractivity contribution in [3.63, 3.8) is 0 Å². The maximum absolute atomic E-state index is 9.21. The van der Waals surface area contributed by atoms with E-state index in [2.05, 4.69) is 20.9 Å². The summed E-state index contributed by atoms with van der Waals surface area (Å²) in [7, 11) is 1.63. The molecule has 1 aliphatic rings. The lowest BCUT2D eigenvalue weighted by molar-refractivity contribution is 0.416. The van der Waals surface area contributed by atoms with Gasteiger partial charge < -0.3 is 9.64 Å². The lowest BCUT2D eigenvalue weighted by Gasteiger charge is -2.16. The van der Waals surface area contributed by atoms with E-state index < -0.39 is 0 Å². The van der Waals surface area contributed by atoms with Gasteiger partial charge in [-0.15, -0.1) is 0 Å². The smallest absolute Gasteiger partial charge is 0.227 e. The van der Waals surface area contributed by atoms with Gasteiger partial charge in [0.25, 0.3) is 0 Å². The molecule has 0 N–H and O–H groups in total. The summed E-state index contributed by atoms with van der Waals surface area (Å²) in [4.78, 5) is 11.1. The molecule has 0 aliphatic carbocycles. The minimum Gasteiger partial charge on any atom is -0.496 e. The van der Waals surface area contributed by atoms with Crippen molar-refractivity contribution in [3.05, 3.63) is 36.0 Å². The molecule has 1 saturated heterocycles. The first-order valence-electron chi connectivity index (χ1n) is 6.99. The van der Waals surface area contributed by atoms with Gasteiger partial charge in [-0.05, 0) is 25.0 Å². The van der Waals surface area contributed by atoms with Crippen molar-refractivity contribution < 1.29 is 4.74 Å². The highest BCUT2D eigenvalue weighted by atomic mass is 16.5. The van der Waals surface area contributed by atoms with E-state index in [0.717, 1.165) is 42.9 Å². The predicted molar refractivity (Wildman–Crippen MR) is 80.2 cm³/mol. The van der Waals surface area contributed by atoms with Crippen molar-refractivity contribution in [2.75, 3.05) is 25.1 Å². The SMILES string of the molecule is COc1ccccc1-c1cc(C#N)nc(N2CCCC2)n1. The van der Waals surface area contributed by atoms with Crippen molar-refractivity contribution in [1.29, 1.82) is 5.26 Å². The Morgan fingerprint density at radius 3 is 2.67 bits per heavy atom. The largest absolute Gasteiger partial charge is 0.496 e. The molecule has 2 heterocycles. The Balaban J connectivity index is 2.09. The van der Waals surface area contributed by atoms with E-state index in [1.807, 2.05) is 24.3 Å². The second-order valence-corrected chi connectivity index (χ2v) is 4.94. The van der Waals surface area contributed by atoms with Crippen LogP contribution in [0.4, 0.5) is 5.95 Å². The second-order valence-electron chi connectivity index (χ2n) is 4.94. The fourth-order valence-corrected chi connectivity index (χ4v) is 2.54. The van der Waals surface area contributed by atoms with Crippen molar-refractivity contribution in [3.8, 4) is 23.1 Å². The zero-order valence-corrected chi connectivity index (χ0v) is 11.9. The van der Waals surface area contributed by atoms with E-state index in [1.54, 1.807) is 13.2 Å². The van der Waals surface area contributed by atoms with E-state index in [0.29, 0.717) is 11.6 Å². The molecule has 0 atom stereocenters. The van der Waals surface area contributed by atoms with Gasteiger partial charge in [-0.1, -0.05) is 12.1 Å². The summed E-state index contributed by atoms with van der Waals surface area (Å²) >= 11 is 0. The zero-order chi connectivity index (χ0) is 14.7. The van der Waals surface area contributed by atoms with E-state index in [9.17, 15) is 5.26 Å². The molecule has 1 aromatic carbocycles. The summed E-state index contributed by atoms with van der Waals surface area (Å²) in [5.74, 6) is 1.37. The van der Waals surface area contributed by atoms with Gasteiger partial charge in [-0.2, -0.15) is 5.26 Å². The number of hydrogen-bond donors (Lipinski definition) is 0. The van der Waals surface area contributed by atoms with E-state index in [1.165, 1.54) is 0 Å². The maximum Gasteiger partial charge on any atom is 0.227 e. The van der Waals surface area contributed by atoms with Crippen molar-refractivity contribution in [2.24, 2.45) is 0 Å². The first-order chi connectivity index (χ1) is 10.3. The van der Waals surface area contributed by atoms with Gasteiger partial charge in [0.15, 0.2) is 0 Å². The maximum atomic E-state index is 9.21. The Bertz CT molecular complexity index is 687. The fraction of sp³-hybridized carbons (Fsp3) is 0.312. The minimum absolute atomic E-state index is 0.382. The molecule has 0 radical (unpaired) electrons. The second kappa shape index (κ2) is 5.80. The highest BCUT2D eigenvalue weighted by Gasteiger charge is 2.18. The van der Waals surface area contributed by atoms with E-state index in [-0.39, 0.29) is 0 Å². The molecule has 5 heteroatoms. The van der Waals surface area contributed by atoms with Crippen molar-refractivity contribution in [2.45, 2.75) is 12.8 Å². The third-order valence-electron chi connectivity index (χ3n) is 3.60. The van der Waals surface area contributed by atoms with Crippen LogP contribution in [0.2, 0.25) is 0 Å². The van der Waals surface area contributed by atoms with Crippen LogP contribution in [0.5, 0.6) is 5.75 Å². The lowest BCUT2D eigenvalue weighted by atomic mass is 10.1. The quantitative estimate of drug-likeness (QED) is 0.865. The number of hydrogen-bond acceptors (Lipinski definition) is 5. The average molecular weight is 280 g/mol. The summed E-state index contributed by atoms with van der Waals surface area (Å²) in [6, 6.07) is 11.5. The summed E-state index contributed by atoms with van der Waals surface area (Å²) in [5, 5.41) is 9.21. The predicted octanol–water partition coefficient (Wildman–Crippen LogP) is 2.62. The van der Waals surface area contributed by atoms with E-state index >= 15 is 0 Å². The fourth-order valence-electron chi connectivity index (χ4n) is 2.54. The topological polar surface area (TPSA) is 62.0 Å². The third-order valence-corrected chi connectivity index (χ3v) is 3.60. The summed E-state index contributed by atoms with van der Waals surface area (Å²) in [6.07, 6.45) is 2.29. The molecular formula is C16H16N4O. The van der Waals surface area contributed by atoms with Crippen LogP contribution in [0, 0.1) is 11.3 Å². The van der Waals surface area contributed by atoms with E-state index in [4.69, 9.17) is 4.74 Å². The van der Waals surface area contributed by atoms with Gasteiger partial charge in [-0.3, -0.25) is 0 Å². The van der Waals surface area contributed by atoms with Crippen molar-refractivity contribution >= 4 is 5.95 Å². The van der Waals surface area contributed by atoms with Gasteiger partial charge in [0.1, 0.15) is 17.5 Å². The van der Waals surface area contributed by atoms with Crippen LogP contribution < -0.4 is 9.64 Å². The number of para-hydroxylation sites is 1. The molecular weight excluding hydrogens is 264 g/mol. The number of ether oxygens (including phenoxy) is 1. The molecule has 0 bridgehead atoms. The summed E-state index contributed by atoms with van der Waals surface area (Å²) < 4.78 is 5.38. The number of methoxy groups -OCH3 is 1. The Labute approximate surface area is 123 Å². The summed E-state index contributed by atoms with van der Waals surface area (Å²) in [6.45, 7) is 1.89. The van der Waals surface area contributed by atoms with Gasteiger partial charge in [0, 0.05) is 24.7 Å².